The van der Waals surface area contributed by atoms with E-state index in [0.29, 0.717) is 15.9 Å². The molecule has 2 rings (SSSR count). The fourth-order valence-corrected chi connectivity index (χ4v) is 2.66. The van der Waals surface area contributed by atoms with Gasteiger partial charge in [0, 0.05) is 27.8 Å². The number of hydrogen-bond acceptors (Lipinski definition) is 2. The van der Waals surface area contributed by atoms with Gasteiger partial charge in [0.1, 0.15) is 4.90 Å². The first-order valence-corrected chi connectivity index (χ1v) is 6.39. The zero-order chi connectivity index (χ0) is 10.3. The highest BCUT2D eigenvalue weighted by Crippen LogP contribution is 2.31. The van der Waals surface area contributed by atoms with Gasteiger partial charge in [-0.15, -0.1) is 0 Å². The maximum Gasteiger partial charge on any atom is 0.263 e. The van der Waals surface area contributed by atoms with Crippen molar-refractivity contribution in [2.45, 2.75) is 4.90 Å². The molecule has 1 aromatic heterocycles. The topological polar surface area (TPSA) is 49.9 Å². The predicted octanol–water partition coefficient (Wildman–Crippen LogP) is 2.75. The van der Waals surface area contributed by atoms with Crippen molar-refractivity contribution >= 4 is 42.2 Å². The zero-order valence-corrected chi connectivity index (χ0v) is 9.12. The van der Waals surface area contributed by atoms with E-state index in [-0.39, 0.29) is 4.90 Å². The lowest BCUT2D eigenvalue weighted by molar-refractivity contribution is 0.610. The van der Waals surface area contributed by atoms with Crippen LogP contribution in [-0.2, 0) is 9.05 Å². The van der Waals surface area contributed by atoms with E-state index in [4.69, 9.17) is 22.3 Å². The molecule has 0 spiro atoms. The summed E-state index contributed by atoms with van der Waals surface area (Å²) >= 11 is 5.87. The maximum atomic E-state index is 11.1. The quantitative estimate of drug-likeness (QED) is 0.791. The third-order valence-corrected chi connectivity index (χ3v) is 3.54. The van der Waals surface area contributed by atoms with Crippen LogP contribution in [0, 0.1) is 0 Å². The normalized spacial score (nSPS) is 12.1. The van der Waals surface area contributed by atoms with Crippen molar-refractivity contribution in [2.75, 3.05) is 0 Å². The highest BCUT2D eigenvalue weighted by molar-refractivity contribution is 8.14. The fourth-order valence-electron chi connectivity index (χ4n) is 1.30. The second kappa shape index (κ2) is 3.15. The highest BCUT2D eigenvalue weighted by atomic mass is 35.7. The summed E-state index contributed by atoms with van der Waals surface area (Å²) < 4.78 is 22.3. The molecule has 0 aliphatic carbocycles. The second-order valence-corrected chi connectivity index (χ2v) is 5.69. The lowest BCUT2D eigenvalue weighted by atomic mass is 10.2. The first kappa shape index (κ1) is 9.83. The molecule has 1 heterocycles. The van der Waals surface area contributed by atoms with E-state index in [2.05, 4.69) is 4.98 Å². The van der Waals surface area contributed by atoms with Gasteiger partial charge in [-0.25, -0.2) is 8.42 Å². The average molecular weight is 250 g/mol. The molecule has 3 nitrogen and oxygen atoms in total. The Morgan fingerprint density at radius 2 is 2.00 bits per heavy atom. The van der Waals surface area contributed by atoms with Crippen LogP contribution in [0.25, 0.3) is 10.9 Å². The van der Waals surface area contributed by atoms with E-state index >= 15 is 0 Å². The molecule has 0 aliphatic rings. The Morgan fingerprint density at radius 3 is 2.64 bits per heavy atom. The number of rotatable bonds is 1. The summed E-state index contributed by atoms with van der Waals surface area (Å²) in [6, 6.07) is 5.07. The van der Waals surface area contributed by atoms with Crippen molar-refractivity contribution < 1.29 is 8.42 Å². The Labute approximate surface area is 90.1 Å². The summed E-state index contributed by atoms with van der Waals surface area (Å²) in [5.41, 5.74) is 0.650. The van der Waals surface area contributed by atoms with Crippen LogP contribution in [0.5, 0.6) is 0 Å². The molecular weight excluding hydrogens is 245 g/mol. The van der Waals surface area contributed by atoms with E-state index in [1.165, 1.54) is 6.20 Å². The van der Waals surface area contributed by atoms with E-state index in [1.807, 2.05) is 0 Å². The van der Waals surface area contributed by atoms with E-state index in [0.717, 1.165) is 0 Å². The van der Waals surface area contributed by atoms with Crippen molar-refractivity contribution in [3.05, 3.63) is 29.4 Å². The summed E-state index contributed by atoms with van der Waals surface area (Å²) in [5, 5.41) is 0.798. The molecule has 0 atom stereocenters. The van der Waals surface area contributed by atoms with Crippen LogP contribution in [0.1, 0.15) is 0 Å². The number of hydrogen-bond donors (Lipinski definition) is 1. The zero-order valence-electron chi connectivity index (χ0n) is 6.79. The standard InChI is InChI=1S/C8H5Cl2NO2S/c9-5-2-1-3-6-8(5)7(4-11-6)14(10,12)13/h1-4,11H. The molecule has 0 fully saturated rings. The lowest BCUT2D eigenvalue weighted by Crippen LogP contribution is -1.87. The van der Waals surface area contributed by atoms with Gasteiger partial charge in [0.25, 0.3) is 9.05 Å². The smallest absolute Gasteiger partial charge is 0.263 e. The van der Waals surface area contributed by atoms with Crippen LogP contribution in [-0.4, -0.2) is 13.4 Å². The van der Waals surface area contributed by atoms with Crippen LogP contribution in [0.3, 0.4) is 0 Å². The molecule has 1 N–H and O–H groups in total. The summed E-state index contributed by atoms with van der Waals surface area (Å²) in [5.74, 6) is 0. The minimum Gasteiger partial charge on any atom is -0.360 e. The number of aromatic amines is 1. The van der Waals surface area contributed by atoms with Gasteiger partial charge in [-0.1, -0.05) is 17.7 Å². The average Bonchev–Trinajstić information content (AvgIpc) is 2.47. The lowest BCUT2D eigenvalue weighted by Gasteiger charge is -1.95. The minimum atomic E-state index is -3.75. The SMILES string of the molecule is O=S(=O)(Cl)c1c[nH]c2cccc(Cl)c12. The Bertz CT molecular complexity index is 588. The van der Waals surface area contributed by atoms with Crippen LogP contribution >= 0.6 is 22.3 Å². The Balaban J connectivity index is 2.94. The molecule has 1 aromatic carbocycles. The number of fused-ring (bicyclic) bond motifs is 1. The number of halogens is 2. The Kier molecular flexibility index (Phi) is 2.21. The summed E-state index contributed by atoms with van der Waals surface area (Å²) in [6.45, 7) is 0. The third-order valence-electron chi connectivity index (χ3n) is 1.88. The molecular formula is C8H5Cl2NO2S. The number of benzene rings is 1. The van der Waals surface area contributed by atoms with Crippen LogP contribution < -0.4 is 0 Å². The van der Waals surface area contributed by atoms with E-state index in [9.17, 15) is 8.42 Å². The molecule has 0 saturated heterocycles. The van der Waals surface area contributed by atoms with Gasteiger partial charge in [-0.2, -0.15) is 0 Å². The molecule has 0 unspecified atom stereocenters. The Hall–Kier alpha value is -0.710. The minimum absolute atomic E-state index is 0.0137. The molecule has 6 heteroatoms. The molecule has 2 aromatic rings. The molecule has 0 saturated carbocycles. The van der Waals surface area contributed by atoms with Crippen molar-refractivity contribution in [1.82, 2.24) is 4.98 Å². The maximum absolute atomic E-state index is 11.1. The predicted molar refractivity (Wildman–Crippen MR) is 56.3 cm³/mol. The van der Waals surface area contributed by atoms with Crippen molar-refractivity contribution in [2.24, 2.45) is 0 Å². The van der Waals surface area contributed by atoms with Crippen molar-refractivity contribution in [1.29, 1.82) is 0 Å². The van der Waals surface area contributed by atoms with Crippen LogP contribution in [0.15, 0.2) is 29.3 Å². The number of aromatic nitrogens is 1. The first-order valence-electron chi connectivity index (χ1n) is 3.70. The fraction of sp³-hybridized carbons (Fsp3) is 0. The second-order valence-electron chi connectivity index (χ2n) is 2.75. The van der Waals surface area contributed by atoms with Gasteiger partial charge in [-0.3, -0.25) is 0 Å². The van der Waals surface area contributed by atoms with Crippen LogP contribution in [0.4, 0.5) is 0 Å². The summed E-state index contributed by atoms with van der Waals surface area (Å²) in [4.78, 5) is 2.80. The summed E-state index contributed by atoms with van der Waals surface area (Å²) in [6.07, 6.45) is 1.33. The number of nitrogens with one attached hydrogen (secondary N) is 1. The van der Waals surface area contributed by atoms with E-state index < -0.39 is 9.05 Å². The van der Waals surface area contributed by atoms with Gasteiger partial charge < -0.3 is 4.98 Å². The number of H-pyrrole nitrogens is 1. The van der Waals surface area contributed by atoms with Gasteiger partial charge >= 0.3 is 0 Å². The van der Waals surface area contributed by atoms with Crippen molar-refractivity contribution in [3.8, 4) is 0 Å². The molecule has 0 bridgehead atoms. The molecule has 74 valence electrons. The monoisotopic (exact) mass is 249 g/mol. The highest BCUT2D eigenvalue weighted by Gasteiger charge is 2.17. The molecule has 0 amide bonds. The molecule has 0 radical (unpaired) electrons. The van der Waals surface area contributed by atoms with E-state index in [1.54, 1.807) is 18.2 Å². The van der Waals surface area contributed by atoms with Crippen molar-refractivity contribution in [3.63, 3.8) is 0 Å². The first-order chi connectivity index (χ1) is 6.50. The van der Waals surface area contributed by atoms with Gasteiger partial charge in [-0.05, 0) is 12.1 Å². The third kappa shape index (κ3) is 1.49. The van der Waals surface area contributed by atoms with Gasteiger partial charge in [0.05, 0.1) is 5.02 Å². The van der Waals surface area contributed by atoms with Gasteiger partial charge in [0.15, 0.2) is 0 Å². The largest absolute Gasteiger partial charge is 0.360 e. The Morgan fingerprint density at radius 1 is 1.29 bits per heavy atom. The molecule has 0 aliphatic heterocycles. The summed E-state index contributed by atoms with van der Waals surface area (Å²) in [7, 11) is 1.49. The van der Waals surface area contributed by atoms with Gasteiger partial charge in [0.2, 0.25) is 0 Å². The molecule has 14 heavy (non-hydrogen) atoms. The van der Waals surface area contributed by atoms with Crippen LogP contribution in [0.2, 0.25) is 5.02 Å².